The number of thioether (sulfide) groups is 1. The Morgan fingerprint density at radius 2 is 2.00 bits per heavy atom. The molecular weight excluding hydrogens is 210 g/mol. The van der Waals surface area contributed by atoms with Crippen LogP contribution in [0.5, 0.6) is 0 Å². The van der Waals surface area contributed by atoms with Gasteiger partial charge in [-0.25, -0.2) is 0 Å². The smallest absolute Gasteiger partial charge is 0.306 e. The van der Waals surface area contributed by atoms with E-state index in [9.17, 15) is 4.79 Å². The molecule has 0 aromatic rings. The minimum Gasteiger partial charge on any atom is -0.469 e. The monoisotopic (exact) mass is 233 g/mol. The van der Waals surface area contributed by atoms with Crippen LogP contribution < -0.4 is 0 Å². The van der Waals surface area contributed by atoms with E-state index in [1.807, 2.05) is 11.8 Å². The zero-order valence-corrected chi connectivity index (χ0v) is 11.1. The van der Waals surface area contributed by atoms with Crippen molar-refractivity contribution < 1.29 is 9.53 Å². The summed E-state index contributed by atoms with van der Waals surface area (Å²) in [7, 11) is 1.44. The van der Waals surface area contributed by atoms with Gasteiger partial charge in [-0.05, 0) is 13.1 Å². The van der Waals surface area contributed by atoms with E-state index < -0.39 is 0 Å². The number of esters is 1. The molecule has 0 aliphatic rings. The van der Waals surface area contributed by atoms with Gasteiger partial charge in [-0.1, -0.05) is 20.8 Å². The second kappa shape index (κ2) is 9.04. The first-order valence-electron chi connectivity index (χ1n) is 5.54. The number of carbonyl (C=O) groups is 1. The molecule has 0 aliphatic carbocycles. The molecule has 0 spiro atoms. The Morgan fingerprint density at radius 1 is 1.40 bits per heavy atom. The summed E-state index contributed by atoms with van der Waals surface area (Å²) in [4.78, 5) is 13.4. The van der Waals surface area contributed by atoms with Gasteiger partial charge in [0.25, 0.3) is 0 Å². The topological polar surface area (TPSA) is 29.5 Å². The number of nitrogens with zero attached hydrogens (tertiary/aromatic N) is 1. The molecule has 0 fully saturated rings. The quantitative estimate of drug-likeness (QED) is 0.600. The van der Waals surface area contributed by atoms with E-state index >= 15 is 0 Å². The van der Waals surface area contributed by atoms with Crippen LogP contribution in [0.3, 0.4) is 0 Å². The maximum atomic E-state index is 11.0. The Morgan fingerprint density at radius 3 is 2.47 bits per heavy atom. The van der Waals surface area contributed by atoms with Crippen LogP contribution in [-0.2, 0) is 9.53 Å². The van der Waals surface area contributed by atoms with E-state index in [-0.39, 0.29) is 5.97 Å². The molecule has 4 heteroatoms. The van der Waals surface area contributed by atoms with Gasteiger partial charge in [0.1, 0.15) is 0 Å². The van der Waals surface area contributed by atoms with E-state index in [1.165, 1.54) is 7.11 Å². The lowest BCUT2D eigenvalue weighted by Crippen LogP contribution is -2.26. The van der Waals surface area contributed by atoms with Gasteiger partial charge in [0.2, 0.25) is 0 Å². The molecule has 0 N–H and O–H groups in total. The van der Waals surface area contributed by atoms with Crippen LogP contribution in [0.4, 0.5) is 0 Å². The second-order valence-corrected chi connectivity index (χ2v) is 5.03. The summed E-state index contributed by atoms with van der Waals surface area (Å²) in [5.41, 5.74) is 0. The third-order valence-corrected chi connectivity index (χ3v) is 3.54. The minimum atomic E-state index is -0.113. The Bertz CT molecular complexity index is 172. The van der Waals surface area contributed by atoms with Gasteiger partial charge in [-0.3, -0.25) is 4.79 Å². The molecule has 0 aliphatic heterocycles. The highest BCUT2D eigenvalue weighted by Crippen LogP contribution is 2.14. The Balaban J connectivity index is 3.53. The van der Waals surface area contributed by atoms with Gasteiger partial charge in [0.05, 0.1) is 13.5 Å². The summed E-state index contributed by atoms with van der Waals surface area (Å²) in [6.45, 7) is 9.72. The van der Waals surface area contributed by atoms with E-state index in [4.69, 9.17) is 0 Å². The van der Waals surface area contributed by atoms with Crippen molar-refractivity contribution in [2.24, 2.45) is 0 Å². The van der Waals surface area contributed by atoms with Crippen LogP contribution in [0.2, 0.25) is 0 Å². The molecule has 15 heavy (non-hydrogen) atoms. The highest BCUT2D eigenvalue weighted by molar-refractivity contribution is 7.99. The normalized spacial score (nSPS) is 12.9. The zero-order chi connectivity index (χ0) is 11.7. The summed E-state index contributed by atoms with van der Waals surface area (Å²) >= 11 is 1.84. The molecule has 0 aromatic carbocycles. The first-order valence-corrected chi connectivity index (χ1v) is 6.59. The van der Waals surface area contributed by atoms with E-state index in [0.29, 0.717) is 11.7 Å². The summed E-state index contributed by atoms with van der Waals surface area (Å²) in [5.74, 6) is 0.970. The van der Waals surface area contributed by atoms with Crippen LogP contribution in [0.25, 0.3) is 0 Å². The zero-order valence-electron chi connectivity index (χ0n) is 10.3. The van der Waals surface area contributed by atoms with E-state index in [0.717, 1.165) is 25.4 Å². The molecule has 90 valence electrons. The van der Waals surface area contributed by atoms with E-state index in [2.05, 4.69) is 30.4 Å². The largest absolute Gasteiger partial charge is 0.469 e. The van der Waals surface area contributed by atoms with Gasteiger partial charge < -0.3 is 9.64 Å². The van der Waals surface area contributed by atoms with Crippen molar-refractivity contribution >= 4 is 17.7 Å². The van der Waals surface area contributed by atoms with Crippen LogP contribution >= 0.6 is 11.8 Å². The third kappa shape index (κ3) is 7.68. The lowest BCUT2D eigenvalue weighted by molar-refractivity contribution is -0.140. The summed E-state index contributed by atoms with van der Waals surface area (Å²) in [6.07, 6.45) is 0.513. The highest BCUT2D eigenvalue weighted by Gasteiger charge is 2.09. The molecule has 1 unspecified atom stereocenters. The van der Waals surface area contributed by atoms with Crippen molar-refractivity contribution in [3.8, 4) is 0 Å². The summed E-state index contributed by atoms with van der Waals surface area (Å²) < 4.78 is 4.63. The van der Waals surface area contributed by atoms with Crippen molar-refractivity contribution in [1.82, 2.24) is 4.90 Å². The fourth-order valence-corrected chi connectivity index (χ4v) is 2.32. The molecule has 0 bridgehead atoms. The minimum absolute atomic E-state index is 0.113. The van der Waals surface area contributed by atoms with Crippen LogP contribution in [0, 0.1) is 0 Å². The predicted molar refractivity (Wildman–Crippen MR) is 66.3 cm³/mol. The van der Waals surface area contributed by atoms with E-state index in [1.54, 1.807) is 0 Å². The molecule has 0 radical (unpaired) electrons. The van der Waals surface area contributed by atoms with Crippen LogP contribution in [-0.4, -0.2) is 48.6 Å². The van der Waals surface area contributed by atoms with Crippen molar-refractivity contribution in [2.45, 2.75) is 32.4 Å². The maximum absolute atomic E-state index is 11.0. The molecule has 0 saturated heterocycles. The van der Waals surface area contributed by atoms with Crippen molar-refractivity contribution in [1.29, 1.82) is 0 Å². The fourth-order valence-electron chi connectivity index (χ4n) is 1.30. The van der Waals surface area contributed by atoms with Crippen LogP contribution in [0.15, 0.2) is 0 Å². The van der Waals surface area contributed by atoms with Gasteiger partial charge in [-0.2, -0.15) is 11.8 Å². The highest BCUT2D eigenvalue weighted by atomic mass is 32.2. The number of ether oxygens (including phenoxy) is 1. The molecule has 0 amide bonds. The molecule has 0 saturated carbocycles. The van der Waals surface area contributed by atoms with Gasteiger partial charge in [0.15, 0.2) is 0 Å². The van der Waals surface area contributed by atoms with Gasteiger partial charge in [-0.15, -0.1) is 0 Å². The number of hydrogen-bond acceptors (Lipinski definition) is 4. The molecular formula is C11H23NO2S. The SMILES string of the molecule is CCN(CC)CCSC(C)CC(=O)OC. The first kappa shape index (κ1) is 14.8. The molecule has 1 atom stereocenters. The maximum Gasteiger partial charge on any atom is 0.306 e. The fraction of sp³-hybridized carbons (Fsp3) is 0.909. The lowest BCUT2D eigenvalue weighted by Gasteiger charge is -2.18. The van der Waals surface area contributed by atoms with Crippen LogP contribution in [0.1, 0.15) is 27.2 Å². The Hall–Kier alpha value is -0.220. The summed E-state index contributed by atoms with van der Waals surface area (Å²) in [6, 6.07) is 0. The van der Waals surface area contributed by atoms with Crippen molar-refractivity contribution in [3.05, 3.63) is 0 Å². The second-order valence-electron chi connectivity index (χ2n) is 3.49. The molecule has 0 rings (SSSR count). The number of hydrogen-bond donors (Lipinski definition) is 0. The predicted octanol–water partition coefficient (Wildman–Crippen LogP) is 2.01. The Kier molecular flexibility index (Phi) is 8.91. The molecule has 3 nitrogen and oxygen atoms in total. The number of methoxy groups -OCH3 is 1. The third-order valence-electron chi connectivity index (χ3n) is 2.39. The Labute approximate surface area is 97.5 Å². The lowest BCUT2D eigenvalue weighted by atomic mass is 10.3. The molecule has 0 aromatic heterocycles. The van der Waals surface area contributed by atoms with Gasteiger partial charge >= 0.3 is 5.97 Å². The summed E-state index contributed by atoms with van der Waals surface area (Å²) in [5, 5.41) is 0.355. The van der Waals surface area contributed by atoms with Crippen molar-refractivity contribution in [2.75, 3.05) is 32.5 Å². The number of carbonyl (C=O) groups excluding carboxylic acids is 1. The average Bonchev–Trinajstić information content (AvgIpc) is 2.24. The standard InChI is InChI=1S/C11H23NO2S/c1-5-12(6-2)7-8-15-10(3)9-11(13)14-4/h10H,5-9H2,1-4H3. The number of rotatable bonds is 8. The van der Waals surface area contributed by atoms with Crippen molar-refractivity contribution in [3.63, 3.8) is 0 Å². The average molecular weight is 233 g/mol. The molecule has 0 heterocycles. The first-order chi connectivity index (χ1) is 7.13. The van der Waals surface area contributed by atoms with Gasteiger partial charge in [0, 0.05) is 17.5 Å².